The van der Waals surface area contributed by atoms with E-state index in [9.17, 15) is 13.6 Å². The van der Waals surface area contributed by atoms with E-state index in [2.05, 4.69) is 15.3 Å². The highest BCUT2D eigenvalue weighted by Crippen LogP contribution is 2.22. The largest absolute Gasteiger partial charge is 0.348 e. The Morgan fingerprint density at radius 2 is 1.72 bits per heavy atom. The summed E-state index contributed by atoms with van der Waals surface area (Å²) >= 11 is 0. The summed E-state index contributed by atoms with van der Waals surface area (Å²) in [5.41, 5.74) is 2.41. The number of hydrogen-bond acceptors (Lipinski definition) is 2. The molecule has 1 amide bonds. The predicted octanol–water partition coefficient (Wildman–Crippen LogP) is 4.70. The highest BCUT2D eigenvalue weighted by molar-refractivity contribution is 6.23. The van der Waals surface area contributed by atoms with Gasteiger partial charge in [0.25, 0.3) is 5.91 Å². The zero-order valence-electron chi connectivity index (χ0n) is 15.3. The number of fused-ring (bicyclic) bond motifs is 1. The lowest BCUT2D eigenvalue weighted by Crippen LogP contribution is -2.24. The molecule has 1 aromatic heterocycles. The monoisotopic (exact) mass is 389 g/mol. The normalized spacial score (nSPS) is 11.6. The fourth-order valence-corrected chi connectivity index (χ4v) is 2.98. The first-order valence-corrected chi connectivity index (χ1v) is 9.05. The summed E-state index contributed by atoms with van der Waals surface area (Å²) in [5.74, 6) is -2.17. The van der Waals surface area contributed by atoms with Gasteiger partial charge in [-0.3, -0.25) is 4.79 Å². The molecule has 0 bridgehead atoms. The number of carbonyl (C=O) groups excluding carboxylic acids is 1. The molecule has 0 saturated carbocycles. The summed E-state index contributed by atoms with van der Waals surface area (Å²) in [4.78, 5) is 20.4. The van der Waals surface area contributed by atoms with Crippen molar-refractivity contribution in [2.24, 2.45) is 0 Å². The van der Waals surface area contributed by atoms with Crippen molar-refractivity contribution in [3.8, 4) is 0 Å². The molecule has 0 fully saturated rings. The molecule has 0 aliphatic heterocycles. The van der Waals surface area contributed by atoms with Gasteiger partial charge in [-0.15, -0.1) is 0 Å². The molecule has 1 heterocycles. The number of imidazole rings is 1. The highest BCUT2D eigenvalue weighted by atomic mass is 19.2. The second-order valence-electron chi connectivity index (χ2n) is 6.47. The number of nitrogens with one attached hydrogen (secondary N) is 2. The van der Waals surface area contributed by atoms with E-state index in [4.69, 9.17) is 0 Å². The van der Waals surface area contributed by atoms with E-state index < -0.39 is 17.5 Å². The van der Waals surface area contributed by atoms with Crippen LogP contribution in [-0.2, 0) is 11.3 Å². The highest BCUT2D eigenvalue weighted by Gasteiger charge is 2.18. The lowest BCUT2D eigenvalue weighted by atomic mass is 10.1. The van der Waals surface area contributed by atoms with Crippen molar-refractivity contribution in [3.05, 3.63) is 101 Å². The van der Waals surface area contributed by atoms with Crippen molar-refractivity contribution >= 4 is 28.6 Å². The average Bonchev–Trinajstić information content (AvgIpc) is 3.17. The van der Waals surface area contributed by atoms with Crippen LogP contribution in [0.3, 0.4) is 0 Å². The maximum Gasteiger partial charge on any atom is 0.255 e. The number of nitrogens with zero attached hydrogens (tertiary/aromatic N) is 1. The molecule has 0 spiro atoms. The Morgan fingerprint density at radius 3 is 2.52 bits per heavy atom. The standard InChI is InChI=1S/C23H17F2N3O/c24-18-10-6-9-16(21(18)25)13-17(22-27-19-11-4-5-12-20(19)28-22)23(29)26-14-15-7-2-1-3-8-15/h1-13H,14H2,(H,26,29)(H,27,28)/b17-13+. The van der Waals surface area contributed by atoms with Crippen molar-refractivity contribution < 1.29 is 13.6 Å². The van der Waals surface area contributed by atoms with E-state index in [0.29, 0.717) is 12.1 Å². The Kier molecular flexibility index (Phi) is 5.16. The maximum atomic E-state index is 14.2. The van der Waals surface area contributed by atoms with Crippen molar-refractivity contribution in [1.82, 2.24) is 15.3 Å². The third kappa shape index (κ3) is 4.06. The SMILES string of the molecule is O=C(NCc1ccccc1)/C(=C/c1cccc(F)c1F)c1nc2ccccc2[nH]1. The molecule has 0 radical (unpaired) electrons. The molecule has 2 N–H and O–H groups in total. The summed E-state index contributed by atoms with van der Waals surface area (Å²) in [5, 5.41) is 2.81. The molecule has 6 heteroatoms. The third-order valence-electron chi connectivity index (χ3n) is 4.47. The zero-order chi connectivity index (χ0) is 20.2. The van der Waals surface area contributed by atoms with E-state index >= 15 is 0 Å². The average molecular weight is 389 g/mol. The van der Waals surface area contributed by atoms with Crippen LogP contribution in [0.4, 0.5) is 8.78 Å². The minimum atomic E-state index is -1.02. The molecule has 4 rings (SSSR count). The Hall–Kier alpha value is -3.80. The molecular weight excluding hydrogens is 372 g/mol. The fraction of sp³-hybridized carbons (Fsp3) is 0.0435. The molecule has 0 atom stereocenters. The Morgan fingerprint density at radius 1 is 0.966 bits per heavy atom. The number of H-pyrrole nitrogens is 1. The van der Waals surface area contributed by atoms with Crippen LogP contribution in [0.25, 0.3) is 22.7 Å². The summed E-state index contributed by atoms with van der Waals surface area (Å²) in [6.45, 7) is 0.295. The first-order valence-electron chi connectivity index (χ1n) is 9.05. The lowest BCUT2D eigenvalue weighted by molar-refractivity contribution is -0.115. The third-order valence-corrected chi connectivity index (χ3v) is 4.47. The Labute approximate surface area is 165 Å². The number of para-hydroxylation sites is 2. The van der Waals surface area contributed by atoms with Crippen LogP contribution in [0.15, 0.2) is 72.8 Å². The second kappa shape index (κ2) is 8.06. The van der Waals surface area contributed by atoms with E-state index in [1.54, 1.807) is 6.07 Å². The maximum absolute atomic E-state index is 14.2. The number of amides is 1. The number of hydrogen-bond donors (Lipinski definition) is 2. The van der Waals surface area contributed by atoms with Gasteiger partial charge in [0.15, 0.2) is 11.6 Å². The molecule has 4 aromatic rings. The Bertz CT molecular complexity index is 1170. The van der Waals surface area contributed by atoms with Gasteiger partial charge < -0.3 is 10.3 Å². The first-order chi connectivity index (χ1) is 14.1. The van der Waals surface area contributed by atoms with Gasteiger partial charge in [-0.05, 0) is 29.8 Å². The minimum absolute atomic E-state index is 0.0321. The number of aromatic nitrogens is 2. The van der Waals surface area contributed by atoms with Crippen LogP contribution in [-0.4, -0.2) is 15.9 Å². The molecular formula is C23H17F2N3O. The van der Waals surface area contributed by atoms with Crippen molar-refractivity contribution in [3.63, 3.8) is 0 Å². The van der Waals surface area contributed by atoms with Gasteiger partial charge in [0.2, 0.25) is 0 Å². The molecule has 4 nitrogen and oxygen atoms in total. The molecule has 0 unspecified atom stereocenters. The van der Waals surface area contributed by atoms with Crippen LogP contribution in [0.2, 0.25) is 0 Å². The first kappa shape index (κ1) is 18.6. The molecule has 29 heavy (non-hydrogen) atoms. The summed E-state index contributed by atoms with van der Waals surface area (Å²) in [7, 11) is 0. The number of carbonyl (C=O) groups is 1. The van der Waals surface area contributed by atoms with Gasteiger partial charge in [0.1, 0.15) is 5.82 Å². The summed E-state index contributed by atoms with van der Waals surface area (Å²) in [6.07, 6.45) is 1.30. The summed E-state index contributed by atoms with van der Waals surface area (Å²) < 4.78 is 27.9. The van der Waals surface area contributed by atoms with Crippen LogP contribution in [0.5, 0.6) is 0 Å². The van der Waals surface area contributed by atoms with Gasteiger partial charge in [-0.1, -0.05) is 54.6 Å². The van der Waals surface area contributed by atoms with E-state index in [1.165, 1.54) is 18.2 Å². The lowest BCUT2D eigenvalue weighted by Gasteiger charge is -2.08. The van der Waals surface area contributed by atoms with Gasteiger partial charge in [-0.2, -0.15) is 0 Å². The van der Waals surface area contributed by atoms with Crippen LogP contribution in [0.1, 0.15) is 17.0 Å². The molecule has 0 aliphatic rings. The molecule has 0 saturated heterocycles. The van der Waals surface area contributed by atoms with Crippen LogP contribution < -0.4 is 5.32 Å². The number of benzene rings is 3. The van der Waals surface area contributed by atoms with Crippen molar-refractivity contribution in [2.45, 2.75) is 6.54 Å². The number of rotatable bonds is 5. The molecule has 3 aromatic carbocycles. The number of aromatic amines is 1. The van der Waals surface area contributed by atoms with Crippen molar-refractivity contribution in [2.75, 3.05) is 0 Å². The predicted molar refractivity (Wildman–Crippen MR) is 109 cm³/mol. The molecule has 144 valence electrons. The van der Waals surface area contributed by atoms with Crippen LogP contribution in [0, 0.1) is 11.6 Å². The van der Waals surface area contributed by atoms with Gasteiger partial charge >= 0.3 is 0 Å². The quantitative estimate of drug-likeness (QED) is 0.486. The fourth-order valence-electron chi connectivity index (χ4n) is 2.98. The summed E-state index contributed by atoms with van der Waals surface area (Å²) in [6, 6.07) is 20.5. The van der Waals surface area contributed by atoms with Gasteiger partial charge in [-0.25, -0.2) is 13.8 Å². The Balaban J connectivity index is 1.73. The van der Waals surface area contributed by atoms with Crippen molar-refractivity contribution in [1.29, 1.82) is 0 Å². The van der Waals surface area contributed by atoms with Gasteiger partial charge in [0.05, 0.1) is 16.6 Å². The van der Waals surface area contributed by atoms with E-state index in [0.717, 1.165) is 17.1 Å². The smallest absolute Gasteiger partial charge is 0.255 e. The second-order valence-corrected chi connectivity index (χ2v) is 6.47. The zero-order valence-corrected chi connectivity index (χ0v) is 15.3. The molecule has 0 aliphatic carbocycles. The number of halogens is 2. The van der Waals surface area contributed by atoms with Gasteiger partial charge in [0, 0.05) is 12.1 Å². The van der Waals surface area contributed by atoms with E-state index in [-0.39, 0.29) is 17.0 Å². The van der Waals surface area contributed by atoms with E-state index in [1.807, 2.05) is 48.5 Å². The van der Waals surface area contributed by atoms with Crippen LogP contribution >= 0.6 is 0 Å². The topological polar surface area (TPSA) is 57.8 Å². The minimum Gasteiger partial charge on any atom is -0.348 e.